The van der Waals surface area contributed by atoms with E-state index in [0.717, 1.165) is 0 Å². The number of aliphatic imine (C=N–C) groups is 1. The van der Waals surface area contributed by atoms with E-state index in [4.69, 9.17) is 10.7 Å². The Morgan fingerprint density at radius 1 is 1.24 bits per heavy atom. The van der Waals surface area contributed by atoms with Gasteiger partial charge in [-0.1, -0.05) is 19.8 Å². The van der Waals surface area contributed by atoms with Crippen molar-refractivity contribution in [3.63, 3.8) is 0 Å². The third-order valence-corrected chi connectivity index (χ3v) is 3.30. The smallest absolute Gasteiger partial charge is 0.0925 e. The lowest BCUT2D eigenvalue weighted by molar-refractivity contribution is -0.897. The first kappa shape index (κ1) is 15.8. The average molecular weight is 236 g/mol. The first-order valence-electron chi connectivity index (χ1n) is 6.50. The minimum Gasteiger partial charge on any atom is -0.422 e. The number of hydrogen-bond acceptors (Lipinski definition) is 2. The Hall–Kier alpha value is -1.17. The maximum absolute atomic E-state index is 7.43. The molecule has 17 heavy (non-hydrogen) atoms. The van der Waals surface area contributed by atoms with E-state index in [2.05, 4.69) is 19.0 Å². The highest BCUT2D eigenvalue weighted by Crippen LogP contribution is 2.17. The summed E-state index contributed by atoms with van der Waals surface area (Å²) in [4.78, 5) is 2.58. The molecule has 0 atom stereocenters. The zero-order valence-corrected chi connectivity index (χ0v) is 11.2. The van der Waals surface area contributed by atoms with E-state index in [1.165, 1.54) is 74.8 Å². The SMILES string of the molecule is CCCCCC[N+]1(C)CCCC1.N#CN=C=[N-]. The van der Waals surface area contributed by atoms with Crippen LogP contribution in [-0.2, 0) is 0 Å². The lowest BCUT2D eigenvalue weighted by Crippen LogP contribution is -2.41. The second-order valence-corrected chi connectivity index (χ2v) is 4.87. The van der Waals surface area contributed by atoms with Crippen molar-refractivity contribution in [2.24, 2.45) is 4.99 Å². The van der Waals surface area contributed by atoms with E-state index in [9.17, 15) is 0 Å². The quantitative estimate of drug-likeness (QED) is 0.313. The minimum absolute atomic E-state index is 1.28. The lowest BCUT2D eigenvalue weighted by atomic mass is 10.2. The van der Waals surface area contributed by atoms with Crippen molar-refractivity contribution in [2.75, 3.05) is 26.7 Å². The maximum atomic E-state index is 7.43. The molecule has 0 saturated carbocycles. The normalized spacial score (nSPS) is 16.3. The molecule has 1 fully saturated rings. The summed E-state index contributed by atoms with van der Waals surface area (Å²) < 4.78 is 1.36. The predicted octanol–water partition coefficient (Wildman–Crippen LogP) is 3.02. The van der Waals surface area contributed by atoms with Crippen molar-refractivity contribution in [1.82, 2.24) is 0 Å². The fourth-order valence-corrected chi connectivity index (χ4v) is 2.27. The van der Waals surface area contributed by atoms with Gasteiger partial charge in [-0.3, -0.25) is 0 Å². The van der Waals surface area contributed by atoms with Gasteiger partial charge in [-0.05, 0) is 12.8 Å². The van der Waals surface area contributed by atoms with Crippen molar-refractivity contribution < 1.29 is 4.48 Å². The second kappa shape index (κ2) is 10.0. The summed E-state index contributed by atoms with van der Waals surface area (Å²) in [6.07, 6.45) is 9.90. The summed E-state index contributed by atoms with van der Waals surface area (Å²) in [6.45, 7) is 6.59. The van der Waals surface area contributed by atoms with E-state index in [1.807, 2.05) is 0 Å². The van der Waals surface area contributed by atoms with Crippen LogP contribution in [0.25, 0.3) is 5.41 Å². The monoisotopic (exact) mass is 236 g/mol. The van der Waals surface area contributed by atoms with Crippen LogP contribution < -0.4 is 0 Å². The molecule has 0 bridgehead atoms. The van der Waals surface area contributed by atoms with Gasteiger partial charge < -0.3 is 14.9 Å². The van der Waals surface area contributed by atoms with E-state index < -0.39 is 0 Å². The topological polar surface area (TPSA) is 58.5 Å². The number of rotatable bonds is 5. The Kier molecular flexibility index (Phi) is 9.33. The molecule has 96 valence electrons. The molecule has 1 aliphatic rings. The highest BCUT2D eigenvalue weighted by atomic mass is 15.3. The summed E-state index contributed by atoms with van der Waals surface area (Å²) in [6, 6.07) is 1.28. The van der Waals surface area contributed by atoms with E-state index in [0.29, 0.717) is 0 Å². The zero-order valence-electron chi connectivity index (χ0n) is 11.2. The van der Waals surface area contributed by atoms with Crippen molar-refractivity contribution in [2.45, 2.75) is 45.4 Å². The Morgan fingerprint density at radius 2 is 1.88 bits per heavy atom. The van der Waals surface area contributed by atoms with Crippen LogP contribution in [0.3, 0.4) is 0 Å². The van der Waals surface area contributed by atoms with Crippen LogP contribution in [0.1, 0.15) is 45.4 Å². The van der Waals surface area contributed by atoms with Crippen LogP contribution >= 0.6 is 0 Å². The molecule has 0 aromatic rings. The molecule has 0 unspecified atom stereocenters. The molecule has 1 saturated heterocycles. The van der Waals surface area contributed by atoms with Gasteiger partial charge in [0.05, 0.1) is 32.9 Å². The van der Waals surface area contributed by atoms with E-state index >= 15 is 0 Å². The highest BCUT2D eigenvalue weighted by molar-refractivity contribution is 5.46. The number of unbranched alkanes of at least 4 members (excludes halogenated alkanes) is 3. The predicted molar refractivity (Wildman–Crippen MR) is 70.6 cm³/mol. The van der Waals surface area contributed by atoms with Crippen LogP contribution in [0.2, 0.25) is 0 Å². The molecule has 0 amide bonds. The summed E-state index contributed by atoms with van der Waals surface area (Å²) in [7, 11) is 2.43. The van der Waals surface area contributed by atoms with Gasteiger partial charge in [-0.25, -0.2) is 0 Å². The van der Waals surface area contributed by atoms with E-state index in [-0.39, 0.29) is 0 Å². The van der Waals surface area contributed by atoms with Crippen LogP contribution in [0.4, 0.5) is 0 Å². The van der Waals surface area contributed by atoms with Gasteiger partial charge in [0.1, 0.15) is 0 Å². The lowest BCUT2D eigenvalue weighted by Gasteiger charge is -2.29. The fraction of sp³-hybridized carbons (Fsp3) is 0.846. The number of nitrogens with zero attached hydrogens (tertiary/aromatic N) is 4. The number of likely N-dealkylation sites (tertiary alicyclic amines) is 1. The van der Waals surface area contributed by atoms with Crippen LogP contribution in [0.5, 0.6) is 0 Å². The summed E-state index contributed by atoms with van der Waals surface area (Å²) in [5, 5.41) is 14.9. The van der Waals surface area contributed by atoms with Crippen LogP contribution in [0.15, 0.2) is 4.99 Å². The maximum Gasteiger partial charge on any atom is 0.0925 e. The molecule has 1 heterocycles. The first-order chi connectivity index (χ1) is 8.18. The first-order valence-corrected chi connectivity index (χ1v) is 6.50. The third kappa shape index (κ3) is 8.62. The molecular formula is C13H24N4. The Balaban J connectivity index is 0.000000437. The zero-order chi connectivity index (χ0) is 13.0. The van der Waals surface area contributed by atoms with Gasteiger partial charge in [0, 0.05) is 12.8 Å². The van der Waals surface area contributed by atoms with Gasteiger partial charge in [0.15, 0.2) is 0 Å². The average Bonchev–Trinajstić information content (AvgIpc) is 2.74. The number of hydrogen-bond donors (Lipinski definition) is 0. The van der Waals surface area contributed by atoms with Crippen molar-refractivity contribution in [3.8, 4) is 6.19 Å². The standard InChI is InChI=1S/C11H24N.C2N3/c1-3-4-5-6-9-12(2)10-7-8-11-12;3-1-5-2-4/h3-11H2,1-2H3;/q+1;-1. The highest BCUT2D eigenvalue weighted by Gasteiger charge is 2.25. The molecule has 0 spiro atoms. The molecule has 0 N–H and O–H groups in total. The molecule has 4 nitrogen and oxygen atoms in total. The second-order valence-electron chi connectivity index (χ2n) is 4.87. The molecule has 1 aliphatic heterocycles. The molecule has 0 aliphatic carbocycles. The molecule has 0 radical (unpaired) electrons. The fourth-order valence-electron chi connectivity index (χ4n) is 2.27. The van der Waals surface area contributed by atoms with Crippen molar-refractivity contribution in [3.05, 3.63) is 5.41 Å². The van der Waals surface area contributed by atoms with Gasteiger partial charge in [0.25, 0.3) is 0 Å². The van der Waals surface area contributed by atoms with Crippen molar-refractivity contribution >= 4 is 6.01 Å². The van der Waals surface area contributed by atoms with Gasteiger partial charge >= 0.3 is 0 Å². The number of nitriles is 1. The molecular weight excluding hydrogens is 212 g/mol. The Bertz CT molecular complexity index is 268. The summed E-state index contributed by atoms with van der Waals surface area (Å²) >= 11 is 0. The molecule has 0 aromatic carbocycles. The van der Waals surface area contributed by atoms with Gasteiger partial charge in [0.2, 0.25) is 0 Å². The van der Waals surface area contributed by atoms with Gasteiger partial charge in [-0.15, -0.1) is 6.01 Å². The Morgan fingerprint density at radius 3 is 2.29 bits per heavy atom. The summed E-state index contributed by atoms with van der Waals surface area (Å²) in [5.41, 5.74) is 0. The van der Waals surface area contributed by atoms with Crippen LogP contribution in [0, 0.1) is 11.5 Å². The molecule has 0 aromatic heterocycles. The third-order valence-electron chi connectivity index (χ3n) is 3.30. The Labute approximate surface area is 105 Å². The van der Waals surface area contributed by atoms with Crippen molar-refractivity contribution in [1.29, 1.82) is 5.26 Å². The molecule has 1 rings (SSSR count). The minimum atomic E-state index is 1.28. The van der Waals surface area contributed by atoms with Gasteiger partial charge in [-0.2, -0.15) is 5.26 Å². The largest absolute Gasteiger partial charge is 0.422 e. The summed E-state index contributed by atoms with van der Waals surface area (Å²) in [5.74, 6) is 0. The van der Waals surface area contributed by atoms with E-state index in [1.54, 1.807) is 0 Å². The molecule has 4 heteroatoms. The van der Waals surface area contributed by atoms with Crippen LogP contribution in [-0.4, -0.2) is 37.2 Å². The number of quaternary nitrogens is 1.